The van der Waals surface area contributed by atoms with E-state index in [9.17, 15) is 0 Å². The van der Waals surface area contributed by atoms with Crippen molar-refractivity contribution in [3.63, 3.8) is 0 Å². The zero-order valence-corrected chi connectivity index (χ0v) is 12.3. The Labute approximate surface area is 124 Å². The molecular formula is C12H7Cl3N2S. The van der Waals surface area contributed by atoms with E-state index in [-0.39, 0.29) is 0 Å². The predicted molar refractivity (Wildman–Crippen MR) is 78.5 cm³/mol. The lowest BCUT2D eigenvalue weighted by Crippen LogP contribution is -1.95. The molecule has 0 radical (unpaired) electrons. The Kier molecular flexibility index (Phi) is 4.04. The quantitative estimate of drug-likeness (QED) is 0.779. The summed E-state index contributed by atoms with van der Waals surface area (Å²) < 4.78 is 0. The minimum Gasteiger partial charge on any atom is -0.351 e. The van der Waals surface area contributed by atoms with Gasteiger partial charge in [-0.25, -0.2) is 0 Å². The highest BCUT2D eigenvalue weighted by molar-refractivity contribution is 7.08. The second-order valence-corrected chi connectivity index (χ2v) is 5.53. The molecule has 1 heterocycles. The van der Waals surface area contributed by atoms with E-state index in [1.807, 2.05) is 12.3 Å². The van der Waals surface area contributed by atoms with Crippen molar-refractivity contribution >= 4 is 57.5 Å². The monoisotopic (exact) mass is 316 g/mol. The molecule has 0 aliphatic carbocycles. The van der Waals surface area contributed by atoms with Gasteiger partial charge in [0.25, 0.3) is 0 Å². The molecule has 2 aromatic rings. The van der Waals surface area contributed by atoms with Crippen LogP contribution in [0.25, 0.3) is 0 Å². The number of nitrogens with zero attached hydrogens (tertiary/aromatic N) is 1. The van der Waals surface area contributed by atoms with Gasteiger partial charge in [-0.05, 0) is 18.6 Å². The number of benzene rings is 1. The molecule has 0 saturated heterocycles. The van der Waals surface area contributed by atoms with Crippen LogP contribution in [0, 0.1) is 18.3 Å². The number of nitrogens with one attached hydrogen (secondary N) is 1. The summed E-state index contributed by atoms with van der Waals surface area (Å²) in [6.45, 7) is 1.81. The van der Waals surface area contributed by atoms with Crippen LogP contribution < -0.4 is 5.32 Å². The van der Waals surface area contributed by atoms with E-state index >= 15 is 0 Å². The fraction of sp³-hybridized carbons (Fsp3) is 0.0833. The van der Waals surface area contributed by atoms with Crippen LogP contribution >= 0.6 is 46.1 Å². The van der Waals surface area contributed by atoms with Crippen molar-refractivity contribution in [3.8, 4) is 6.07 Å². The van der Waals surface area contributed by atoms with Gasteiger partial charge in [0.15, 0.2) is 0 Å². The number of thiophene rings is 1. The van der Waals surface area contributed by atoms with Gasteiger partial charge >= 0.3 is 0 Å². The maximum atomic E-state index is 8.95. The number of hydrogen-bond donors (Lipinski definition) is 1. The van der Waals surface area contributed by atoms with Gasteiger partial charge in [0.1, 0.15) is 6.07 Å². The average Bonchev–Trinajstić information content (AvgIpc) is 2.79. The third-order valence-corrected chi connectivity index (χ3v) is 4.35. The van der Waals surface area contributed by atoms with Gasteiger partial charge in [-0.3, -0.25) is 0 Å². The Morgan fingerprint density at radius 2 is 1.94 bits per heavy atom. The Morgan fingerprint density at radius 3 is 2.61 bits per heavy atom. The van der Waals surface area contributed by atoms with Crippen molar-refractivity contribution in [1.29, 1.82) is 5.26 Å². The van der Waals surface area contributed by atoms with Crippen molar-refractivity contribution in [2.75, 3.05) is 5.32 Å². The van der Waals surface area contributed by atoms with E-state index in [2.05, 4.69) is 11.4 Å². The van der Waals surface area contributed by atoms with E-state index < -0.39 is 0 Å². The highest BCUT2D eigenvalue weighted by Gasteiger charge is 2.14. The summed E-state index contributed by atoms with van der Waals surface area (Å²) in [6, 6.07) is 3.73. The summed E-state index contributed by atoms with van der Waals surface area (Å²) >= 11 is 19.7. The van der Waals surface area contributed by atoms with Crippen molar-refractivity contribution in [2.24, 2.45) is 0 Å². The van der Waals surface area contributed by atoms with Crippen LogP contribution in [0.4, 0.5) is 11.4 Å². The van der Waals surface area contributed by atoms with E-state index in [1.54, 1.807) is 11.4 Å². The first kappa shape index (κ1) is 13.5. The van der Waals surface area contributed by atoms with Gasteiger partial charge in [-0.2, -0.15) is 5.26 Å². The highest BCUT2D eigenvalue weighted by atomic mass is 35.5. The lowest BCUT2D eigenvalue weighted by Gasteiger charge is -2.12. The molecule has 0 aliphatic heterocycles. The van der Waals surface area contributed by atoms with Crippen LogP contribution in [0.3, 0.4) is 0 Å². The standard InChI is InChI=1S/C12H7Cl3N2S/c1-6-8(13)2-9(14)12(11(6)15)17-10-5-18-4-7(10)3-16/h2,4-5,17H,1H3. The normalized spacial score (nSPS) is 10.2. The van der Waals surface area contributed by atoms with E-state index in [1.165, 1.54) is 11.3 Å². The zero-order chi connectivity index (χ0) is 13.3. The average molecular weight is 318 g/mol. The molecule has 92 valence electrons. The van der Waals surface area contributed by atoms with Gasteiger partial charge in [-0.15, -0.1) is 11.3 Å². The van der Waals surface area contributed by atoms with Gasteiger partial charge < -0.3 is 5.32 Å². The third-order valence-electron chi connectivity index (χ3n) is 2.44. The smallest absolute Gasteiger partial charge is 0.102 e. The molecule has 0 aliphatic rings. The summed E-state index contributed by atoms with van der Waals surface area (Å²) in [5.41, 5.74) is 2.56. The van der Waals surface area contributed by atoms with Crippen molar-refractivity contribution in [1.82, 2.24) is 0 Å². The van der Waals surface area contributed by atoms with Crippen LogP contribution in [0.2, 0.25) is 15.1 Å². The van der Waals surface area contributed by atoms with Crippen molar-refractivity contribution in [2.45, 2.75) is 6.92 Å². The number of halogens is 3. The van der Waals surface area contributed by atoms with Crippen LogP contribution in [-0.2, 0) is 0 Å². The summed E-state index contributed by atoms with van der Waals surface area (Å²) in [4.78, 5) is 0. The molecule has 0 atom stereocenters. The second kappa shape index (κ2) is 5.38. The summed E-state index contributed by atoms with van der Waals surface area (Å²) in [6.07, 6.45) is 0. The molecule has 0 unspecified atom stereocenters. The maximum Gasteiger partial charge on any atom is 0.102 e. The lowest BCUT2D eigenvalue weighted by atomic mass is 10.2. The Morgan fingerprint density at radius 1 is 1.22 bits per heavy atom. The van der Waals surface area contributed by atoms with Crippen LogP contribution in [-0.4, -0.2) is 0 Å². The maximum absolute atomic E-state index is 8.95. The number of nitriles is 1. The van der Waals surface area contributed by atoms with Crippen molar-refractivity contribution in [3.05, 3.63) is 43.0 Å². The molecule has 1 aromatic carbocycles. The Hall–Kier alpha value is -0.920. The highest BCUT2D eigenvalue weighted by Crippen LogP contribution is 2.39. The lowest BCUT2D eigenvalue weighted by molar-refractivity contribution is 1.44. The molecule has 1 aromatic heterocycles. The van der Waals surface area contributed by atoms with E-state index in [0.717, 1.165) is 5.56 Å². The largest absolute Gasteiger partial charge is 0.351 e. The van der Waals surface area contributed by atoms with Gasteiger partial charge in [0.05, 0.1) is 27.0 Å². The molecule has 1 N–H and O–H groups in total. The van der Waals surface area contributed by atoms with Crippen molar-refractivity contribution < 1.29 is 0 Å². The molecule has 0 spiro atoms. The van der Waals surface area contributed by atoms with Crippen LogP contribution in [0.5, 0.6) is 0 Å². The van der Waals surface area contributed by atoms with Crippen LogP contribution in [0.15, 0.2) is 16.8 Å². The second-order valence-electron chi connectivity index (χ2n) is 3.59. The van der Waals surface area contributed by atoms with Gasteiger partial charge in [0, 0.05) is 15.8 Å². The molecule has 6 heteroatoms. The topological polar surface area (TPSA) is 35.8 Å². The summed E-state index contributed by atoms with van der Waals surface area (Å²) in [5, 5.41) is 17.0. The fourth-order valence-electron chi connectivity index (χ4n) is 1.42. The van der Waals surface area contributed by atoms with E-state index in [4.69, 9.17) is 40.1 Å². The molecule has 0 bridgehead atoms. The summed E-state index contributed by atoms with van der Waals surface area (Å²) in [7, 11) is 0. The first-order chi connectivity index (χ1) is 8.54. The number of anilines is 2. The molecule has 18 heavy (non-hydrogen) atoms. The Bertz CT molecular complexity index is 644. The SMILES string of the molecule is Cc1c(Cl)cc(Cl)c(Nc2cscc2C#N)c1Cl. The molecule has 0 amide bonds. The first-order valence-corrected chi connectivity index (χ1v) is 6.99. The minimum atomic E-state index is 0.422. The Balaban J connectivity index is 2.48. The third kappa shape index (κ3) is 2.43. The van der Waals surface area contributed by atoms with E-state index in [0.29, 0.717) is 32.0 Å². The molecule has 2 nitrogen and oxygen atoms in total. The molecule has 2 rings (SSSR count). The zero-order valence-electron chi connectivity index (χ0n) is 9.22. The van der Waals surface area contributed by atoms with Crippen LogP contribution in [0.1, 0.15) is 11.1 Å². The number of rotatable bonds is 2. The number of hydrogen-bond acceptors (Lipinski definition) is 3. The summed E-state index contributed by atoms with van der Waals surface area (Å²) in [5.74, 6) is 0. The minimum absolute atomic E-state index is 0.422. The molecule has 0 saturated carbocycles. The van der Waals surface area contributed by atoms with Gasteiger partial charge in [-0.1, -0.05) is 34.8 Å². The molecule has 0 fully saturated rings. The first-order valence-electron chi connectivity index (χ1n) is 4.92. The fourth-order valence-corrected chi connectivity index (χ4v) is 2.98. The predicted octanol–water partition coefficient (Wildman–Crippen LogP) is 5.63. The molecular weight excluding hydrogens is 311 g/mol. The van der Waals surface area contributed by atoms with Gasteiger partial charge in [0.2, 0.25) is 0 Å².